The van der Waals surface area contributed by atoms with Gasteiger partial charge in [0.15, 0.2) is 5.96 Å². The van der Waals surface area contributed by atoms with Crippen molar-refractivity contribution in [1.29, 1.82) is 0 Å². The maximum absolute atomic E-state index is 11.2. The zero-order valence-corrected chi connectivity index (χ0v) is 17.0. The molecule has 0 aliphatic rings. The number of rotatable bonds is 11. The Hall–Kier alpha value is -1.80. The van der Waals surface area contributed by atoms with Gasteiger partial charge in [-0.25, -0.2) is 13.4 Å². The van der Waals surface area contributed by atoms with Crippen molar-refractivity contribution in [3.05, 3.63) is 29.3 Å². The third-order valence-electron chi connectivity index (χ3n) is 3.49. The van der Waals surface area contributed by atoms with E-state index in [-0.39, 0.29) is 5.75 Å². The lowest BCUT2D eigenvalue weighted by Crippen LogP contribution is -2.39. The highest BCUT2D eigenvalue weighted by atomic mass is 32.2. The maximum atomic E-state index is 11.2. The largest absolute Gasteiger partial charge is 0.493 e. The molecule has 0 aliphatic heterocycles. The van der Waals surface area contributed by atoms with Gasteiger partial charge in [-0.05, 0) is 25.5 Å². The Labute approximate surface area is 157 Å². The number of guanidine groups is 1. The van der Waals surface area contributed by atoms with Crippen LogP contribution in [0.1, 0.15) is 24.5 Å². The van der Waals surface area contributed by atoms with Gasteiger partial charge in [-0.1, -0.05) is 12.1 Å². The summed E-state index contributed by atoms with van der Waals surface area (Å²) >= 11 is 0. The van der Waals surface area contributed by atoms with Gasteiger partial charge in [0, 0.05) is 45.0 Å². The van der Waals surface area contributed by atoms with Crippen LogP contribution in [0, 0.1) is 6.92 Å². The molecule has 0 amide bonds. The summed E-state index contributed by atoms with van der Waals surface area (Å²) in [5, 5.41) is 6.16. The zero-order chi connectivity index (χ0) is 19.4. The minimum atomic E-state index is -3.00. The van der Waals surface area contributed by atoms with E-state index in [0.717, 1.165) is 23.3 Å². The third-order valence-corrected chi connectivity index (χ3v) is 4.44. The van der Waals surface area contributed by atoms with E-state index >= 15 is 0 Å². The lowest BCUT2D eigenvalue weighted by atomic mass is 10.1. The van der Waals surface area contributed by atoms with E-state index in [1.54, 1.807) is 7.11 Å². The second-order valence-corrected chi connectivity index (χ2v) is 8.32. The van der Waals surface area contributed by atoms with Crippen LogP contribution < -0.4 is 15.4 Å². The van der Waals surface area contributed by atoms with E-state index in [1.165, 1.54) is 6.26 Å². The Kier molecular flexibility index (Phi) is 10.0. The highest BCUT2D eigenvalue weighted by Gasteiger charge is 2.06. The van der Waals surface area contributed by atoms with Crippen LogP contribution in [0.3, 0.4) is 0 Å². The number of aryl methyl sites for hydroxylation is 1. The average molecular weight is 386 g/mol. The number of hydrogen-bond acceptors (Lipinski definition) is 5. The molecule has 0 spiro atoms. The summed E-state index contributed by atoms with van der Waals surface area (Å²) in [7, 11) is -1.33. The fraction of sp³-hybridized carbons (Fsp3) is 0.611. The fourth-order valence-corrected chi connectivity index (χ4v) is 2.65. The standard InChI is InChI=1S/C18H31N3O4S/c1-5-19-18(20-9-12-26(4,22)23)21-14-16-8-7-15(2)13-17(16)25-11-6-10-24-3/h7-8,13H,5-6,9-12,14H2,1-4H3,(H2,19,20,21). The second-order valence-electron chi connectivity index (χ2n) is 6.06. The van der Waals surface area contributed by atoms with E-state index in [2.05, 4.69) is 15.6 Å². The quantitative estimate of drug-likeness (QED) is 0.341. The normalized spacial score (nSPS) is 12.1. The van der Waals surface area contributed by atoms with Gasteiger partial charge in [-0.3, -0.25) is 0 Å². The van der Waals surface area contributed by atoms with Crippen molar-refractivity contribution in [1.82, 2.24) is 10.6 Å². The van der Waals surface area contributed by atoms with Crippen molar-refractivity contribution in [3.8, 4) is 5.75 Å². The molecular weight excluding hydrogens is 354 g/mol. The molecule has 1 rings (SSSR count). The summed E-state index contributed by atoms with van der Waals surface area (Å²) in [5.41, 5.74) is 2.10. The lowest BCUT2D eigenvalue weighted by molar-refractivity contribution is 0.172. The van der Waals surface area contributed by atoms with Gasteiger partial charge >= 0.3 is 0 Å². The van der Waals surface area contributed by atoms with Crippen molar-refractivity contribution in [2.45, 2.75) is 26.8 Å². The van der Waals surface area contributed by atoms with E-state index < -0.39 is 9.84 Å². The average Bonchev–Trinajstić information content (AvgIpc) is 2.56. The van der Waals surface area contributed by atoms with Crippen LogP contribution >= 0.6 is 0 Å². The summed E-state index contributed by atoms with van der Waals surface area (Å²) in [6.45, 7) is 6.68. The number of ether oxygens (including phenoxy) is 2. The molecule has 0 bridgehead atoms. The Morgan fingerprint density at radius 3 is 2.65 bits per heavy atom. The molecule has 0 heterocycles. The van der Waals surface area contributed by atoms with Crippen LogP contribution in [0.5, 0.6) is 5.75 Å². The number of nitrogens with zero attached hydrogens (tertiary/aromatic N) is 1. The first-order valence-electron chi connectivity index (χ1n) is 8.77. The Balaban J connectivity index is 2.74. The van der Waals surface area contributed by atoms with Crippen molar-refractivity contribution >= 4 is 15.8 Å². The van der Waals surface area contributed by atoms with Crippen LogP contribution in [-0.2, 0) is 21.1 Å². The highest BCUT2D eigenvalue weighted by molar-refractivity contribution is 7.90. The van der Waals surface area contributed by atoms with Gasteiger partial charge in [0.05, 0.1) is 18.9 Å². The fourth-order valence-electron chi connectivity index (χ4n) is 2.17. The van der Waals surface area contributed by atoms with Crippen LogP contribution in [0.2, 0.25) is 0 Å². The molecule has 0 aromatic heterocycles. The minimum absolute atomic E-state index is 0.0653. The lowest BCUT2D eigenvalue weighted by Gasteiger charge is -2.13. The van der Waals surface area contributed by atoms with Gasteiger partial charge in [0.25, 0.3) is 0 Å². The van der Waals surface area contributed by atoms with Gasteiger partial charge < -0.3 is 20.1 Å². The van der Waals surface area contributed by atoms with Gasteiger partial charge in [0.2, 0.25) is 0 Å². The summed E-state index contributed by atoms with van der Waals surface area (Å²) in [6, 6.07) is 6.03. The highest BCUT2D eigenvalue weighted by Crippen LogP contribution is 2.21. The van der Waals surface area contributed by atoms with Crippen LogP contribution in [0.15, 0.2) is 23.2 Å². The van der Waals surface area contributed by atoms with Crippen LogP contribution in [0.25, 0.3) is 0 Å². The van der Waals surface area contributed by atoms with E-state index in [0.29, 0.717) is 38.8 Å². The van der Waals surface area contributed by atoms with Crippen molar-refractivity contribution in [2.75, 3.05) is 45.4 Å². The maximum Gasteiger partial charge on any atom is 0.191 e. The molecular formula is C18H31N3O4S. The Morgan fingerprint density at radius 1 is 1.23 bits per heavy atom. The van der Waals surface area contributed by atoms with Crippen LogP contribution in [0.4, 0.5) is 0 Å². The molecule has 0 aliphatic carbocycles. The predicted molar refractivity (Wildman–Crippen MR) is 106 cm³/mol. The molecule has 0 saturated carbocycles. The van der Waals surface area contributed by atoms with Gasteiger partial charge in [-0.15, -0.1) is 0 Å². The number of nitrogens with one attached hydrogen (secondary N) is 2. The van der Waals surface area contributed by atoms with E-state index in [4.69, 9.17) is 9.47 Å². The molecule has 0 unspecified atom stereocenters. The van der Waals surface area contributed by atoms with Crippen LogP contribution in [-0.4, -0.2) is 59.8 Å². The molecule has 7 nitrogen and oxygen atoms in total. The second kappa shape index (κ2) is 11.7. The topological polar surface area (TPSA) is 89.0 Å². The van der Waals surface area contributed by atoms with E-state index in [1.807, 2.05) is 32.0 Å². The van der Waals surface area contributed by atoms with Crippen molar-refractivity contribution < 1.29 is 17.9 Å². The van der Waals surface area contributed by atoms with Gasteiger partial charge in [0.1, 0.15) is 15.6 Å². The molecule has 0 atom stereocenters. The van der Waals surface area contributed by atoms with Crippen molar-refractivity contribution in [2.24, 2.45) is 4.99 Å². The molecule has 26 heavy (non-hydrogen) atoms. The van der Waals surface area contributed by atoms with E-state index in [9.17, 15) is 8.42 Å². The Bertz CT molecular complexity index is 675. The molecule has 0 radical (unpaired) electrons. The monoisotopic (exact) mass is 385 g/mol. The van der Waals surface area contributed by atoms with Crippen molar-refractivity contribution in [3.63, 3.8) is 0 Å². The number of methoxy groups -OCH3 is 1. The predicted octanol–water partition coefficient (Wildman–Crippen LogP) is 1.51. The smallest absolute Gasteiger partial charge is 0.191 e. The molecule has 1 aromatic carbocycles. The first-order valence-corrected chi connectivity index (χ1v) is 10.8. The summed E-state index contributed by atoms with van der Waals surface area (Å²) in [5.74, 6) is 1.47. The SMILES string of the molecule is CCNC(=NCc1ccc(C)cc1OCCCOC)NCCS(C)(=O)=O. The third kappa shape index (κ3) is 9.62. The number of benzene rings is 1. The number of sulfone groups is 1. The molecule has 0 fully saturated rings. The Morgan fingerprint density at radius 2 is 2.00 bits per heavy atom. The summed E-state index contributed by atoms with van der Waals surface area (Å²) in [6.07, 6.45) is 2.04. The minimum Gasteiger partial charge on any atom is -0.493 e. The molecule has 8 heteroatoms. The molecule has 148 valence electrons. The molecule has 0 saturated heterocycles. The number of hydrogen-bond donors (Lipinski definition) is 2. The van der Waals surface area contributed by atoms with Gasteiger partial charge in [-0.2, -0.15) is 0 Å². The summed E-state index contributed by atoms with van der Waals surface area (Å²) < 4.78 is 33.4. The number of aliphatic imine (C=N–C) groups is 1. The molecule has 2 N–H and O–H groups in total. The summed E-state index contributed by atoms with van der Waals surface area (Å²) in [4.78, 5) is 4.53. The molecule has 1 aromatic rings. The first-order chi connectivity index (χ1) is 12.4. The zero-order valence-electron chi connectivity index (χ0n) is 16.2. The first kappa shape index (κ1) is 22.2.